The molecule has 14 heavy (non-hydrogen) atoms. The van der Waals surface area contributed by atoms with Crippen LogP contribution in [0.25, 0.3) is 0 Å². The lowest BCUT2D eigenvalue weighted by Crippen LogP contribution is -2.07. The number of ether oxygens (including phenoxy) is 1. The molecule has 1 aromatic heterocycles. The molecule has 0 amide bonds. The Morgan fingerprint density at radius 3 is 2.93 bits per heavy atom. The number of ketones is 1. The highest BCUT2D eigenvalue weighted by atomic mass is 32.1. The van der Waals surface area contributed by atoms with Crippen LogP contribution >= 0.6 is 11.3 Å². The molecular weight excluding hydrogens is 196 g/mol. The van der Waals surface area contributed by atoms with Gasteiger partial charge in [-0.1, -0.05) is 0 Å². The van der Waals surface area contributed by atoms with Crippen molar-refractivity contribution in [1.82, 2.24) is 0 Å². The van der Waals surface area contributed by atoms with Crippen LogP contribution in [0.2, 0.25) is 0 Å². The first-order chi connectivity index (χ1) is 6.77. The topological polar surface area (TPSA) is 26.3 Å². The van der Waals surface area contributed by atoms with E-state index in [1.165, 1.54) is 4.88 Å². The van der Waals surface area contributed by atoms with Crippen LogP contribution in [0.5, 0.6) is 0 Å². The van der Waals surface area contributed by atoms with Crippen LogP contribution in [0.15, 0.2) is 24.0 Å². The summed E-state index contributed by atoms with van der Waals surface area (Å²) < 4.78 is 5.15. The van der Waals surface area contributed by atoms with Crippen molar-refractivity contribution in [2.45, 2.75) is 19.8 Å². The minimum absolute atomic E-state index is 0.128. The SMILES string of the molecule is Cc1ccc(C(=O)C2=COCCC2)s1. The molecule has 0 saturated heterocycles. The number of aryl methyl sites for hydroxylation is 1. The molecule has 74 valence electrons. The Bertz CT molecular complexity index is 376. The molecule has 0 saturated carbocycles. The van der Waals surface area contributed by atoms with Gasteiger partial charge in [0.1, 0.15) is 0 Å². The second kappa shape index (κ2) is 3.96. The number of Topliss-reactive ketones (excluding diaryl/α,β-unsaturated/α-hetero) is 1. The van der Waals surface area contributed by atoms with E-state index in [0.29, 0.717) is 0 Å². The van der Waals surface area contributed by atoms with Crippen molar-refractivity contribution in [1.29, 1.82) is 0 Å². The third-order valence-corrected chi connectivity index (χ3v) is 3.19. The van der Waals surface area contributed by atoms with Crippen molar-refractivity contribution in [3.63, 3.8) is 0 Å². The maximum atomic E-state index is 11.9. The van der Waals surface area contributed by atoms with Gasteiger partial charge in [0.15, 0.2) is 0 Å². The third-order valence-electron chi connectivity index (χ3n) is 2.19. The Morgan fingerprint density at radius 1 is 1.50 bits per heavy atom. The van der Waals surface area contributed by atoms with Gasteiger partial charge in [0.25, 0.3) is 0 Å². The molecule has 0 aromatic carbocycles. The molecule has 1 aromatic rings. The van der Waals surface area contributed by atoms with Crippen molar-refractivity contribution in [3.8, 4) is 0 Å². The van der Waals surface area contributed by atoms with E-state index >= 15 is 0 Å². The van der Waals surface area contributed by atoms with Crippen LogP contribution in [0.3, 0.4) is 0 Å². The lowest BCUT2D eigenvalue weighted by molar-refractivity contribution is 0.101. The van der Waals surface area contributed by atoms with Crippen LogP contribution < -0.4 is 0 Å². The summed E-state index contributed by atoms with van der Waals surface area (Å²) in [5.74, 6) is 0.128. The van der Waals surface area contributed by atoms with Gasteiger partial charge in [-0.15, -0.1) is 11.3 Å². The zero-order valence-electron chi connectivity index (χ0n) is 8.08. The van der Waals surface area contributed by atoms with E-state index in [9.17, 15) is 4.79 Å². The Labute approximate surface area is 87.2 Å². The summed E-state index contributed by atoms with van der Waals surface area (Å²) in [6.07, 6.45) is 3.40. The molecule has 0 N–H and O–H groups in total. The van der Waals surface area contributed by atoms with E-state index < -0.39 is 0 Å². The monoisotopic (exact) mass is 208 g/mol. The highest BCUT2D eigenvalue weighted by Gasteiger charge is 2.16. The molecule has 0 spiro atoms. The molecule has 1 aliphatic rings. The number of thiophene rings is 1. The lowest BCUT2D eigenvalue weighted by Gasteiger charge is -2.11. The molecule has 0 unspecified atom stereocenters. The number of rotatable bonds is 2. The zero-order valence-corrected chi connectivity index (χ0v) is 8.89. The summed E-state index contributed by atoms with van der Waals surface area (Å²) in [6.45, 7) is 2.74. The molecule has 0 bridgehead atoms. The third kappa shape index (κ3) is 1.87. The Kier molecular flexibility index (Phi) is 2.68. The molecule has 0 radical (unpaired) electrons. The Hall–Kier alpha value is -1.09. The number of hydrogen-bond donors (Lipinski definition) is 0. The van der Waals surface area contributed by atoms with Crippen LogP contribution in [0.1, 0.15) is 27.4 Å². The molecule has 0 fully saturated rings. The first kappa shape index (κ1) is 9.46. The standard InChI is InChI=1S/C11H12O2S/c1-8-4-5-10(14-8)11(12)9-3-2-6-13-7-9/h4-5,7H,2-3,6H2,1H3. The van der Waals surface area contributed by atoms with Crippen LogP contribution in [-0.2, 0) is 4.74 Å². The van der Waals surface area contributed by atoms with E-state index in [-0.39, 0.29) is 5.78 Å². The molecule has 2 heterocycles. The van der Waals surface area contributed by atoms with E-state index in [0.717, 1.165) is 29.9 Å². The van der Waals surface area contributed by atoms with Crippen molar-refractivity contribution in [2.75, 3.05) is 6.61 Å². The first-order valence-corrected chi connectivity index (χ1v) is 5.51. The fraction of sp³-hybridized carbons (Fsp3) is 0.364. The molecule has 2 rings (SSSR count). The molecule has 2 nitrogen and oxygen atoms in total. The van der Waals surface area contributed by atoms with Gasteiger partial charge in [0.05, 0.1) is 17.7 Å². The molecule has 0 aliphatic carbocycles. The van der Waals surface area contributed by atoms with Gasteiger partial charge < -0.3 is 4.74 Å². The molecular formula is C11H12O2S. The summed E-state index contributed by atoms with van der Waals surface area (Å²) in [6, 6.07) is 3.86. The second-order valence-corrected chi connectivity index (χ2v) is 4.64. The summed E-state index contributed by atoms with van der Waals surface area (Å²) >= 11 is 1.54. The average molecular weight is 208 g/mol. The Morgan fingerprint density at radius 2 is 2.36 bits per heavy atom. The predicted octanol–water partition coefficient (Wildman–Crippen LogP) is 2.93. The van der Waals surface area contributed by atoms with Crippen molar-refractivity contribution >= 4 is 17.1 Å². The van der Waals surface area contributed by atoms with Gasteiger partial charge in [-0.2, -0.15) is 0 Å². The largest absolute Gasteiger partial charge is 0.501 e. The molecule has 3 heteroatoms. The average Bonchev–Trinajstić information content (AvgIpc) is 2.65. The van der Waals surface area contributed by atoms with E-state index in [4.69, 9.17) is 4.74 Å². The first-order valence-electron chi connectivity index (χ1n) is 4.69. The minimum Gasteiger partial charge on any atom is -0.501 e. The Balaban J connectivity index is 2.19. The van der Waals surface area contributed by atoms with Gasteiger partial charge in [-0.05, 0) is 31.9 Å². The zero-order chi connectivity index (χ0) is 9.97. The number of hydrogen-bond acceptors (Lipinski definition) is 3. The highest BCUT2D eigenvalue weighted by molar-refractivity contribution is 7.14. The maximum absolute atomic E-state index is 11.9. The van der Waals surface area contributed by atoms with Gasteiger partial charge in [0, 0.05) is 10.5 Å². The predicted molar refractivity (Wildman–Crippen MR) is 56.7 cm³/mol. The smallest absolute Gasteiger partial charge is 0.201 e. The van der Waals surface area contributed by atoms with Crippen LogP contribution in [0, 0.1) is 6.92 Å². The van der Waals surface area contributed by atoms with Crippen LogP contribution in [-0.4, -0.2) is 12.4 Å². The van der Waals surface area contributed by atoms with E-state index in [2.05, 4.69) is 0 Å². The fourth-order valence-corrected chi connectivity index (χ4v) is 2.29. The van der Waals surface area contributed by atoms with Gasteiger partial charge >= 0.3 is 0 Å². The quantitative estimate of drug-likeness (QED) is 0.698. The number of carbonyl (C=O) groups excluding carboxylic acids is 1. The van der Waals surface area contributed by atoms with Crippen molar-refractivity contribution in [3.05, 3.63) is 33.7 Å². The summed E-state index contributed by atoms with van der Waals surface area (Å²) in [5, 5.41) is 0. The minimum atomic E-state index is 0.128. The molecule has 1 aliphatic heterocycles. The summed E-state index contributed by atoms with van der Waals surface area (Å²) in [5.41, 5.74) is 0.804. The number of carbonyl (C=O) groups is 1. The van der Waals surface area contributed by atoms with Gasteiger partial charge in [-0.25, -0.2) is 0 Å². The highest BCUT2D eigenvalue weighted by Crippen LogP contribution is 2.22. The second-order valence-electron chi connectivity index (χ2n) is 3.36. The van der Waals surface area contributed by atoms with Crippen molar-refractivity contribution in [2.24, 2.45) is 0 Å². The molecule has 0 atom stereocenters. The van der Waals surface area contributed by atoms with Crippen LogP contribution in [0.4, 0.5) is 0 Å². The lowest BCUT2D eigenvalue weighted by atomic mass is 10.1. The summed E-state index contributed by atoms with van der Waals surface area (Å²) in [4.78, 5) is 13.9. The fourth-order valence-electron chi connectivity index (χ4n) is 1.45. The number of allylic oxidation sites excluding steroid dienone is 1. The van der Waals surface area contributed by atoms with Crippen molar-refractivity contribution < 1.29 is 9.53 Å². The van der Waals surface area contributed by atoms with E-state index in [1.54, 1.807) is 17.6 Å². The normalized spacial score (nSPS) is 15.9. The summed E-state index contributed by atoms with van der Waals surface area (Å²) in [7, 11) is 0. The van der Waals surface area contributed by atoms with Gasteiger partial charge in [-0.3, -0.25) is 4.79 Å². The maximum Gasteiger partial charge on any atom is 0.201 e. The van der Waals surface area contributed by atoms with E-state index in [1.807, 2.05) is 19.1 Å². The van der Waals surface area contributed by atoms with Gasteiger partial charge in [0.2, 0.25) is 5.78 Å².